The zero-order chi connectivity index (χ0) is 17.8. The Labute approximate surface area is 159 Å². The minimum Gasteiger partial charge on any atom is -0.383 e. The highest BCUT2D eigenvalue weighted by Crippen LogP contribution is 2.21. The van der Waals surface area contributed by atoms with Gasteiger partial charge in [0.1, 0.15) is 0 Å². The van der Waals surface area contributed by atoms with Gasteiger partial charge in [-0.3, -0.25) is 4.79 Å². The average Bonchev–Trinajstić information content (AvgIpc) is 3.10. The van der Waals surface area contributed by atoms with Crippen LogP contribution in [0.1, 0.15) is 16.2 Å². The molecule has 0 fully saturated rings. The second kappa shape index (κ2) is 7.56. The average molecular weight is 445 g/mol. The van der Waals surface area contributed by atoms with Crippen molar-refractivity contribution in [3.05, 3.63) is 75.8 Å². The summed E-state index contributed by atoms with van der Waals surface area (Å²) in [7, 11) is 3.72. The van der Waals surface area contributed by atoms with Crippen LogP contribution in [0.4, 0.5) is 0 Å². The van der Waals surface area contributed by atoms with Gasteiger partial charge in [0.2, 0.25) is 0 Å². The van der Waals surface area contributed by atoms with Crippen molar-refractivity contribution in [2.75, 3.05) is 14.1 Å². The van der Waals surface area contributed by atoms with Gasteiger partial charge >= 0.3 is 0 Å². The second-order valence-electron chi connectivity index (χ2n) is 5.59. The van der Waals surface area contributed by atoms with Crippen molar-refractivity contribution in [1.82, 2.24) is 25.1 Å². The molecule has 6 nitrogen and oxygen atoms in total. The fourth-order valence-corrected chi connectivity index (χ4v) is 2.69. The van der Waals surface area contributed by atoms with Crippen molar-refractivity contribution in [2.45, 2.75) is 0 Å². The molecule has 0 aliphatic rings. The highest BCUT2D eigenvalue weighted by molar-refractivity contribution is 14.1. The number of ketones is 1. The Hall–Kier alpha value is -2.55. The van der Waals surface area contributed by atoms with E-state index in [2.05, 4.69) is 38.1 Å². The number of benzene rings is 2. The lowest BCUT2D eigenvalue weighted by Crippen LogP contribution is -2.13. The maximum absolute atomic E-state index is 13.0. The number of carbonyl (C=O) groups is 1. The highest BCUT2D eigenvalue weighted by Gasteiger charge is 2.21. The van der Waals surface area contributed by atoms with E-state index in [1.807, 2.05) is 61.5 Å². The van der Waals surface area contributed by atoms with Gasteiger partial charge in [0.25, 0.3) is 0 Å². The minimum absolute atomic E-state index is 0.129. The summed E-state index contributed by atoms with van der Waals surface area (Å²) in [5.41, 5.74) is 1.82. The first-order valence-electron chi connectivity index (χ1n) is 7.59. The molecule has 0 atom stereocenters. The molecule has 3 rings (SSSR count). The van der Waals surface area contributed by atoms with E-state index in [4.69, 9.17) is 0 Å². The molecule has 0 aliphatic heterocycles. The van der Waals surface area contributed by atoms with Crippen LogP contribution in [-0.4, -0.2) is 45.0 Å². The van der Waals surface area contributed by atoms with Gasteiger partial charge in [-0.05, 0) is 57.3 Å². The Morgan fingerprint density at radius 3 is 2.40 bits per heavy atom. The first-order chi connectivity index (χ1) is 12.1. The number of hydrogen-bond donors (Lipinski definition) is 0. The summed E-state index contributed by atoms with van der Waals surface area (Å²) in [5, 5.41) is 11.9. The third-order valence-electron chi connectivity index (χ3n) is 3.45. The van der Waals surface area contributed by atoms with E-state index in [1.54, 1.807) is 23.0 Å². The molecule has 0 saturated carbocycles. The summed E-state index contributed by atoms with van der Waals surface area (Å²) in [4.78, 5) is 14.8. The third kappa shape index (κ3) is 3.93. The van der Waals surface area contributed by atoms with Crippen LogP contribution in [-0.2, 0) is 0 Å². The van der Waals surface area contributed by atoms with E-state index in [0.717, 1.165) is 9.26 Å². The van der Waals surface area contributed by atoms with Gasteiger partial charge in [0, 0.05) is 29.4 Å². The van der Waals surface area contributed by atoms with Crippen molar-refractivity contribution < 1.29 is 4.79 Å². The number of halogens is 1. The minimum atomic E-state index is -0.129. The van der Waals surface area contributed by atoms with Gasteiger partial charge in [-0.25, -0.2) is 0 Å². The van der Waals surface area contributed by atoms with Crippen LogP contribution in [0.2, 0.25) is 0 Å². The van der Waals surface area contributed by atoms with Crippen molar-refractivity contribution >= 4 is 33.9 Å². The van der Waals surface area contributed by atoms with E-state index in [-0.39, 0.29) is 5.78 Å². The Balaban J connectivity index is 2.09. The number of nitrogens with zero attached hydrogens (tertiary/aromatic N) is 5. The third-order valence-corrected chi connectivity index (χ3v) is 4.17. The van der Waals surface area contributed by atoms with Crippen LogP contribution in [0.3, 0.4) is 0 Å². The molecule has 1 aromatic heterocycles. The Morgan fingerprint density at radius 2 is 1.76 bits per heavy atom. The predicted molar refractivity (Wildman–Crippen MR) is 104 cm³/mol. The molecule has 0 spiro atoms. The first kappa shape index (κ1) is 17.3. The number of carbonyl (C=O) groups excluding carboxylic acids is 1. The monoisotopic (exact) mass is 445 g/mol. The molecule has 0 N–H and O–H groups in total. The molecule has 0 radical (unpaired) electrons. The van der Waals surface area contributed by atoms with Crippen molar-refractivity contribution in [1.29, 1.82) is 0 Å². The van der Waals surface area contributed by atoms with E-state index in [0.29, 0.717) is 17.0 Å². The molecule has 0 amide bonds. The topological polar surface area (TPSA) is 63.9 Å². The van der Waals surface area contributed by atoms with Crippen LogP contribution in [0.25, 0.3) is 11.3 Å². The van der Waals surface area contributed by atoms with Gasteiger partial charge in [0.15, 0.2) is 11.6 Å². The van der Waals surface area contributed by atoms with Gasteiger partial charge < -0.3 is 4.90 Å². The Kier molecular flexibility index (Phi) is 5.22. The van der Waals surface area contributed by atoms with Crippen LogP contribution in [0.15, 0.2) is 60.8 Å². The lowest BCUT2D eigenvalue weighted by molar-refractivity contribution is 0.105. The lowest BCUT2D eigenvalue weighted by atomic mass is 10.0. The molecular weight excluding hydrogens is 429 g/mol. The van der Waals surface area contributed by atoms with Gasteiger partial charge in [-0.2, -0.15) is 4.68 Å². The van der Waals surface area contributed by atoms with Gasteiger partial charge in [-0.1, -0.05) is 30.3 Å². The molecule has 1 heterocycles. The first-order valence-corrected chi connectivity index (χ1v) is 8.67. The second-order valence-corrected chi connectivity index (χ2v) is 6.84. The summed E-state index contributed by atoms with van der Waals surface area (Å²) < 4.78 is 2.69. The number of rotatable bonds is 5. The molecule has 7 heteroatoms. The standard InChI is InChI=1S/C18H16IN5O/c1-23(2)12-16(17(25)13-6-4-3-5-7-13)18-20-21-22-24(18)15-10-8-14(19)9-11-15/h3-12H,1-2H3/b16-12+. The van der Waals surface area contributed by atoms with E-state index < -0.39 is 0 Å². The quantitative estimate of drug-likeness (QED) is 0.343. The Morgan fingerprint density at radius 1 is 1.08 bits per heavy atom. The van der Waals surface area contributed by atoms with Crippen LogP contribution in [0.5, 0.6) is 0 Å². The molecule has 3 aromatic rings. The molecule has 126 valence electrons. The van der Waals surface area contributed by atoms with E-state index >= 15 is 0 Å². The SMILES string of the molecule is CN(C)/C=C(\C(=O)c1ccccc1)c1nnnn1-c1ccc(I)cc1. The summed E-state index contributed by atoms with van der Waals surface area (Å²) in [6, 6.07) is 16.9. The van der Waals surface area contributed by atoms with Crippen molar-refractivity contribution in [3.8, 4) is 5.69 Å². The maximum atomic E-state index is 13.0. The zero-order valence-corrected chi connectivity index (χ0v) is 16.0. The normalized spacial score (nSPS) is 11.4. The largest absolute Gasteiger partial charge is 0.383 e. The molecular formula is C18H16IN5O. The molecule has 0 unspecified atom stereocenters. The molecule has 0 aliphatic carbocycles. The summed E-state index contributed by atoms with van der Waals surface area (Å²) in [6.45, 7) is 0. The number of tetrazole rings is 1. The summed E-state index contributed by atoms with van der Waals surface area (Å²) in [5.74, 6) is 0.277. The fourth-order valence-electron chi connectivity index (χ4n) is 2.33. The maximum Gasteiger partial charge on any atom is 0.198 e. The van der Waals surface area contributed by atoms with E-state index in [1.165, 1.54) is 0 Å². The number of Topliss-reactive ketones (excluding diaryl/α,β-unsaturated/α-hetero) is 1. The van der Waals surface area contributed by atoms with E-state index in [9.17, 15) is 4.79 Å². The predicted octanol–water partition coefficient (Wildman–Crippen LogP) is 3.05. The Bertz CT molecular complexity index is 901. The van der Waals surface area contributed by atoms with Crippen LogP contribution < -0.4 is 0 Å². The summed E-state index contributed by atoms with van der Waals surface area (Å²) >= 11 is 2.24. The van der Waals surface area contributed by atoms with Crippen LogP contribution >= 0.6 is 22.6 Å². The molecule has 0 saturated heterocycles. The molecule has 0 bridgehead atoms. The molecule has 25 heavy (non-hydrogen) atoms. The number of allylic oxidation sites excluding steroid dienone is 1. The zero-order valence-electron chi connectivity index (χ0n) is 13.8. The fraction of sp³-hybridized carbons (Fsp3) is 0.111. The highest BCUT2D eigenvalue weighted by atomic mass is 127. The lowest BCUT2D eigenvalue weighted by Gasteiger charge is -2.12. The smallest absolute Gasteiger partial charge is 0.198 e. The van der Waals surface area contributed by atoms with Gasteiger partial charge in [-0.15, -0.1) is 5.10 Å². The number of aromatic nitrogens is 4. The van der Waals surface area contributed by atoms with Crippen molar-refractivity contribution in [2.24, 2.45) is 0 Å². The van der Waals surface area contributed by atoms with Gasteiger partial charge in [0.05, 0.1) is 11.3 Å². The molecule has 2 aromatic carbocycles. The summed E-state index contributed by atoms with van der Waals surface area (Å²) in [6.07, 6.45) is 1.74. The van der Waals surface area contributed by atoms with Crippen molar-refractivity contribution in [3.63, 3.8) is 0 Å². The van der Waals surface area contributed by atoms with Crippen LogP contribution in [0, 0.1) is 3.57 Å². The number of hydrogen-bond acceptors (Lipinski definition) is 5.